The molecule has 2 N–H and O–H groups in total. The van der Waals surface area contributed by atoms with Crippen LogP contribution in [0.1, 0.15) is 25.3 Å². The Morgan fingerprint density at radius 3 is 2.31 bits per heavy atom. The van der Waals surface area contributed by atoms with Crippen LogP contribution in [0, 0.1) is 0 Å². The number of carbonyl (C=O) groups is 3. The molecule has 0 bridgehead atoms. The smallest absolute Gasteiger partial charge is 0.408 e. The van der Waals surface area contributed by atoms with Gasteiger partial charge in [0.1, 0.15) is 18.3 Å². The molecule has 0 saturated carbocycles. The van der Waals surface area contributed by atoms with Crippen LogP contribution in [0.25, 0.3) is 0 Å². The van der Waals surface area contributed by atoms with Gasteiger partial charge in [-0.05, 0) is 18.9 Å². The van der Waals surface area contributed by atoms with Crippen LogP contribution in [0.15, 0.2) is 30.3 Å². The molecule has 1 aromatic rings. The van der Waals surface area contributed by atoms with Crippen LogP contribution in [0.4, 0.5) is 18.0 Å². The third kappa shape index (κ3) is 9.27. The molecule has 0 aliphatic rings. The van der Waals surface area contributed by atoms with E-state index in [0.29, 0.717) is 5.56 Å². The van der Waals surface area contributed by atoms with Crippen molar-refractivity contribution in [1.82, 2.24) is 5.32 Å². The predicted molar refractivity (Wildman–Crippen MR) is 106 cm³/mol. The number of benzene rings is 1. The zero-order valence-corrected chi connectivity index (χ0v) is 18.4. The van der Waals surface area contributed by atoms with E-state index >= 15 is 0 Å². The van der Waals surface area contributed by atoms with E-state index in [-0.39, 0.29) is 13.2 Å². The number of ether oxygens (including phenoxy) is 3. The first-order valence-electron chi connectivity index (χ1n) is 9.49. The maximum atomic E-state index is 13.3. The number of halogens is 3. The van der Waals surface area contributed by atoms with E-state index < -0.39 is 62.3 Å². The number of carbonyl (C=O) groups excluding carboxylic acids is 3. The predicted octanol–water partition coefficient (Wildman–Crippen LogP) is 3.00. The SMILES string of the molecule is CCOC(=O)C[C@@H](C(F)(F)F)P(=O)(O)CCC(NC(=O)OCc1ccccc1)C(=O)OC. The summed E-state index contributed by atoms with van der Waals surface area (Å²) in [5.41, 5.74) is -2.23. The van der Waals surface area contributed by atoms with E-state index in [2.05, 4.69) is 14.8 Å². The molecule has 32 heavy (non-hydrogen) atoms. The normalized spacial score (nSPS) is 15.1. The first-order valence-corrected chi connectivity index (χ1v) is 11.4. The van der Waals surface area contributed by atoms with Crippen molar-refractivity contribution >= 4 is 25.4 Å². The monoisotopic (exact) mass is 483 g/mol. The van der Waals surface area contributed by atoms with Crippen LogP contribution < -0.4 is 5.32 Å². The number of hydrogen-bond donors (Lipinski definition) is 2. The van der Waals surface area contributed by atoms with Crippen molar-refractivity contribution in [3.8, 4) is 0 Å². The molecule has 0 aliphatic carbocycles. The van der Waals surface area contributed by atoms with Gasteiger partial charge in [0.05, 0.1) is 20.1 Å². The van der Waals surface area contributed by atoms with Crippen LogP contribution in [0.2, 0.25) is 0 Å². The van der Waals surface area contributed by atoms with E-state index in [0.717, 1.165) is 7.11 Å². The number of nitrogens with one attached hydrogen (secondary N) is 1. The Balaban J connectivity index is 2.82. The molecule has 0 radical (unpaired) electrons. The topological polar surface area (TPSA) is 128 Å². The summed E-state index contributed by atoms with van der Waals surface area (Å²) in [5.74, 6) is -2.33. The van der Waals surface area contributed by atoms with Gasteiger partial charge in [-0.2, -0.15) is 13.2 Å². The van der Waals surface area contributed by atoms with E-state index in [1.807, 2.05) is 0 Å². The lowest BCUT2D eigenvalue weighted by molar-refractivity contribution is -0.156. The first kappa shape index (κ1) is 27.4. The number of alkyl carbamates (subject to hydrolysis) is 1. The Kier molecular flexibility index (Phi) is 10.7. The number of amides is 1. The molecule has 0 fully saturated rings. The molecule has 3 atom stereocenters. The maximum absolute atomic E-state index is 13.3. The van der Waals surface area contributed by atoms with Gasteiger partial charge in [0.25, 0.3) is 0 Å². The highest BCUT2D eigenvalue weighted by atomic mass is 31.2. The average Bonchev–Trinajstić information content (AvgIpc) is 2.73. The largest absolute Gasteiger partial charge is 0.467 e. The van der Waals surface area contributed by atoms with Gasteiger partial charge in [-0.15, -0.1) is 0 Å². The molecule has 2 unspecified atom stereocenters. The van der Waals surface area contributed by atoms with Crippen LogP contribution >= 0.6 is 7.37 Å². The van der Waals surface area contributed by atoms with Crippen LogP contribution in [0.5, 0.6) is 0 Å². The molecule has 180 valence electrons. The second-order valence-electron chi connectivity index (χ2n) is 6.62. The molecular formula is C19H25F3NO8P. The van der Waals surface area contributed by atoms with E-state index in [1.165, 1.54) is 6.92 Å². The third-order valence-corrected chi connectivity index (χ3v) is 6.61. The van der Waals surface area contributed by atoms with Gasteiger partial charge < -0.3 is 24.4 Å². The second kappa shape index (κ2) is 12.4. The number of rotatable bonds is 11. The molecular weight excluding hydrogens is 458 g/mol. The molecule has 0 aliphatic heterocycles. The number of hydrogen-bond acceptors (Lipinski definition) is 7. The molecule has 0 spiro atoms. The fourth-order valence-electron chi connectivity index (χ4n) is 2.63. The maximum Gasteiger partial charge on any atom is 0.408 e. The highest BCUT2D eigenvalue weighted by molar-refractivity contribution is 7.58. The standard InChI is InChI=1S/C19H25F3NO8P/c1-3-30-16(24)11-15(19(20,21)22)32(27,28)10-9-14(17(25)29-2)23-18(26)31-12-13-7-5-4-6-8-13/h4-8,14-15H,3,9-12H2,1-2H3,(H,23,26)(H,27,28)/t14?,15-/m0/s1. The van der Waals surface area contributed by atoms with Crippen LogP contribution in [-0.4, -0.2) is 60.7 Å². The lowest BCUT2D eigenvalue weighted by Crippen LogP contribution is -2.43. The summed E-state index contributed by atoms with van der Waals surface area (Å²) in [6.07, 6.45) is -9.26. The summed E-state index contributed by atoms with van der Waals surface area (Å²) in [6, 6.07) is 6.97. The van der Waals surface area contributed by atoms with Gasteiger partial charge in [0.2, 0.25) is 7.37 Å². The Morgan fingerprint density at radius 2 is 1.78 bits per heavy atom. The molecule has 0 aromatic heterocycles. The molecule has 1 amide bonds. The minimum absolute atomic E-state index is 0.144. The highest BCUT2D eigenvalue weighted by Gasteiger charge is 2.52. The molecule has 1 aromatic carbocycles. The first-order chi connectivity index (χ1) is 14.9. The molecule has 13 heteroatoms. The Morgan fingerprint density at radius 1 is 1.16 bits per heavy atom. The molecule has 1 rings (SSSR count). The van der Waals surface area contributed by atoms with Gasteiger partial charge in [-0.25, -0.2) is 9.59 Å². The van der Waals surface area contributed by atoms with Crippen molar-refractivity contribution in [3.05, 3.63) is 35.9 Å². The Labute approximate surface area is 182 Å². The van der Waals surface area contributed by atoms with E-state index in [1.54, 1.807) is 30.3 Å². The van der Waals surface area contributed by atoms with Gasteiger partial charge >= 0.3 is 24.2 Å². The average molecular weight is 483 g/mol. The van der Waals surface area contributed by atoms with Crippen molar-refractivity contribution < 1.29 is 51.2 Å². The number of alkyl halides is 3. The fourth-order valence-corrected chi connectivity index (χ4v) is 4.46. The quantitative estimate of drug-likeness (QED) is 0.279. The van der Waals surface area contributed by atoms with Crippen molar-refractivity contribution in [2.75, 3.05) is 19.9 Å². The van der Waals surface area contributed by atoms with Gasteiger partial charge in [-0.1, -0.05) is 30.3 Å². The van der Waals surface area contributed by atoms with E-state index in [9.17, 15) is 37.0 Å². The lowest BCUT2D eigenvalue weighted by Gasteiger charge is -2.26. The zero-order valence-electron chi connectivity index (χ0n) is 17.5. The Hall–Kier alpha value is -2.59. The third-order valence-electron chi connectivity index (χ3n) is 4.26. The summed E-state index contributed by atoms with van der Waals surface area (Å²) in [6.45, 7) is 1.04. The molecule has 0 saturated heterocycles. The summed E-state index contributed by atoms with van der Waals surface area (Å²) in [7, 11) is -4.06. The summed E-state index contributed by atoms with van der Waals surface area (Å²) in [5, 5.41) is 2.11. The fraction of sp³-hybridized carbons (Fsp3) is 0.526. The second-order valence-corrected chi connectivity index (χ2v) is 9.20. The van der Waals surface area contributed by atoms with Crippen molar-refractivity contribution in [1.29, 1.82) is 0 Å². The minimum Gasteiger partial charge on any atom is -0.467 e. The number of methoxy groups -OCH3 is 1. The molecule has 9 nitrogen and oxygen atoms in total. The summed E-state index contributed by atoms with van der Waals surface area (Å²) in [4.78, 5) is 45.4. The van der Waals surface area contributed by atoms with Crippen LogP contribution in [0.3, 0.4) is 0 Å². The zero-order chi connectivity index (χ0) is 24.4. The number of esters is 2. The van der Waals surface area contributed by atoms with Crippen molar-refractivity contribution in [3.63, 3.8) is 0 Å². The Bertz CT molecular complexity index is 819. The lowest BCUT2D eigenvalue weighted by atomic mass is 10.2. The van der Waals surface area contributed by atoms with E-state index in [4.69, 9.17) is 4.74 Å². The molecule has 0 heterocycles. The highest BCUT2D eigenvalue weighted by Crippen LogP contribution is 2.54. The minimum atomic E-state index is -5.17. The van der Waals surface area contributed by atoms with Crippen molar-refractivity contribution in [2.24, 2.45) is 0 Å². The summed E-state index contributed by atoms with van der Waals surface area (Å²) >= 11 is 0. The van der Waals surface area contributed by atoms with Crippen molar-refractivity contribution in [2.45, 2.75) is 44.2 Å². The van der Waals surface area contributed by atoms with Gasteiger partial charge in [0.15, 0.2) is 0 Å². The van der Waals surface area contributed by atoms with Crippen LogP contribution in [-0.2, 0) is 35.0 Å². The summed E-state index contributed by atoms with van der Waals surface area (Å²) < 4.78 is 66.3. The van der Waals surface area contributed by atoms with Gasteiger partial charge in [-0.3, -0.25) is 9.36 Å². The van der Waals surface area contributed by atoms with Gasteiger partial charge in [0, 0.05) is 6.16 Å².